The summed E-state index contributed by atoms with van der Waals surface area (Å²) in [6.45, 7) is 9.40. The molecule has 0 spiro atoms. The van der Waals surface area contributed by atoms with Crippen LogP contribution in [-0.2, 0) is 6.54 Å². The molecule has 1 aromatic carbocycles. The average Bonchev–Trinajstić information content (AvgIpc) is 3.64. The normalized spacial score (nSPS) is 20.1. The van der Waals surface area contributed by atoms with E-state index in [1.807, 2.05) is 30.5 Å². The Hall–Kier alpha value is -3.29. The number of nitrogens with zero attached hydrogens (tertiary/aromatic N) is 4. The van der Waals surface area contributed by atoms with Crippen LogP contribution in [-0.4, -0.2) is 27.8 Å². The van der Waals surface area contributed by atoms with Gasteiger partial charge in [0.25, 0.3) is 0 Å². The van der Waals surface area contributed by atoms with Gasteiger partial charge in [-0.2, -0.15) is 0 Å². The van der Waals surface area contributed by atoms with E-state index >= 15 is 0 Å². The maximum absolute atomic E-state index is 6.95. The van der Waals surface area contributed by atoms with Crippen LogP contribution in [0.25, 0.3) is 0 Å². The summed E-state index contributed by atoms with van der Waals surface area (Å²) in [5.74, 6) is 1.69. The lowest BCUT2D eigenvalue weighted by Crippen LogP contribution is -2.33. The van der Waals surface area contributed by atoms with Gasteiger partial charge >= 0.3 is 0 Å². The number of nitrogens with one attached hydrogen (secondary N) is 1. The number of piperidine rings is 1. The maximum Gasteiger partial charge on any atom is 0.174 e. The standard InChI is InChI=1S/C31H34ClN5OS/c1-20-11-14-35(15-12-20)28-10-9-23(18-26(28)32)37-30(29(34-31(37)39)27-8-4-5-13-33-27)25-17-21(2)36(22(25)3)19-24-7-6-16-38-24/h4-10,13,16-18,20,29-30H,11-12,14-15,19H2,1-3H3,(H,34,39)/t29-,30-/m0/s1. The largest absolute Gasteiger partial charge is 0.467 e. The second-order valence-electron chi connectivity index (χ2n) is 10.8. The molecule has 6 rings (SSSR count). The van der Waals surface area contributed by atoms with Crippen molar-refractivity contribution >= 4 is 40.3 Å². The SMILES string of the molecule is Cc1cc([C@H]2[C@H](c3ccccn3)NC(=S)N2c2ccc(N3CCC(C)CC3)c(Cl)c2)c(C)n1Cc1ccco1. The summed E-state index contributed by atoms with van der Waals surface area (Å²) in [6.07, 6.45) is 5.95. The van der Waals surface area contributed by atoms with E-state index in [1.165, 1.54) is 29.8 Å². The number of anilines is 2. The maximum atomic E-state index is 6.95. The van der Waals surface area contributed by atoms with Gasteiger partial charge in [0.15, 0.2) is 5.11 Å². The number of pyridine rings is 1. The number of halogens is 1. The fourth-order valence-electron chi connectivity index (χ4n) is 6.03. The molecule has 1 N–H and O–H groups in total. The fourth-order valence-corrected chi connectivity index (χ4v) is 6.67. The monoisotopic (exact) mass is 559 g/mol. The van der Waals surface area contributed by atoms with E-state index in [0.717, 1.165) is 46.9 Å². The summed E-state index contributed by atoms with van der Waals surface area (Å²) in [5.41, 5.74) is 6.58. The highest BCUT2D eigenvalue weighted by Crippen LogP contribution is 2.45. The van der Waals surface area contributed by atoms with Gasteiger partial charge in [0.2, 0.25) is 0 Å². The molecule has 2 saturated heterocycles. The number of rotatable bonds is 6. The van der Waals surface area contributed by atoms with Crippen molar-refractivity contribution in [3.05, 3.63) is 100 Å². The molecule has 4 aromatic rings. The van der Waals surface area contributed by atoms with E-state index in [9.17, 15) is 0 Å². The van der Waals surface area contributed by atoms with Crippen LogP contribution in [0.3, 0.4) is 0 Å². The van der Waals surface area contributed by atoms with E-state index in [-0.39, 0.29) is 12.1 Å². The van der Waals surface area contributed by atoms with Gasteiger partial charge in [-0.1, -0.05) is 24.6 Å². The molecule has 2 fully saturated rings. The quantitative estimate of drug-likeness (QED) is 0.252. The summed E-state index contributed by atoms with van der Waals surface area (Å²) >= 11 is 12.9. The second kappa shape index (κ2) is 10.7. The Morgan fingerprint density at radius 2 is 1.90 bits per heavy atom. The molecule has 6 nitrogen and oxygen atoms in total. The molecule has 2 aliphatic rings. The van der Waals surface area contributed by atoms with Crippen LogP contribution in [0.15, 0.2) is 71.5 Å². The van der Waals surface area contributed by atoms with Gasteiger partial charge in [-0.3, -0.25) is 4.98 Å². The van der Waals surface area contributed by atoms with Gasteiger partial charge in [-0.05, 0) is 98.9 Å². The number of furan rings is 1. The highest BCUT2D eigenvalue weighted by molar-refractivity contribution is 7.80. The lowest BCUT2D eigenvalue weighted by Gasteiger charge is -2.33. The summed E-state index contributed by atoms with van der Waals surface area (Å²) < 4.78 is 7.97. The summed E-state index contributed by atoms with van der Waals surface area (Å²) in [5, 5.41) is 5.01. The molecule has 8 heteroatoms. The molecule has 39 heavy (non-hydrogen) atoms. The van der Waals surface area contributed by atoms with Gasteiger partial charge < -0.3 is 24.1 Å². The lowest BCUT2D eigenvalue weighted by atomic mass is 9.96. The minimum atomic E-state index is -0.113. The first-order valence-electron chi connectivity index (χ1n) is 13.6. The number of benzene rings is 1. The third kappa shape index (κ3) is 4.94. The summed E-state index contributed by atoms with van der Waals surface area (Å²) in [7, 11) is 0. The van der Waals surface area contributed by atoms with Crippen LogP contribution in [0.4, 0.5) is 11.4 Å². The molecule has 0 saturated carbocycles. The number of thiocarbonyl (C=S) groups is 1. The predicted octanol–water partition coefficient (Wildman–Crippen LogP) is 7.21. The first-order valence-corrected chi connectivity index (χ1v) is 14.4. The van der Waals surface area contributed by atoms with Crippen LogP contribution >= 0.6 is 23.8 Å². The molecule has 3 aromatic heterocycles. The molecule has 0 unspecified atom stereocenters. The summed E-state index contributed by atoms with van der Waals surface area (Å²) in [6, 6.07) is 18.4. The number of hydrogen-bond donors (Lipinski definition) is 1. The highest BCUT2D eigenvalue weighted by atomic mass is 35.5. The summed E-state index contributed by atoms with van der Waals surface area (Å²) in [4.78, 5) is 9.33. The van der Waals surface area contributed by atoms with Crippen molar-refractivity contribution in [1.29, 1.82) is 0 Å². The van der Waals surface area contributed by atoms with E-state index in [4.69, 9.17) is 33.2 Å². The Balaban J connectivity index is 1.40. The van der Waals surface area contributed by atoms with E-state index in [2.05, 4.69) is 70.8 Å². The van der Waals surface area contributed by atoms with E-state index < -0.39 is 0 Å². The molecule has 2 atom stereocenters. The number of aromatic nitrogens is 2. The zero-order valence-corrected chi connectivity index (χ0v) is 24.2. The van der Waals surface area contributed by atoms with Crippen molar-refractivity contribution in [3.8, 4) is 0 Å². The Bertz CT molecular complexity index is 1460. The highest BCUT2D eigenvalue weighted by Gasteiger charge is 2.42. The first-order chi connectivity index (χ1) is 18.9. The van der Waals surface area contributed by atoms with Crippen molar-refractivity contribution < 1.29 is 4.42 Å². The minimum Gasteiger partial charge on any atom is -0.467 e. The zero-order chi connectivity index (χ0) is 27.1. The van der Waals surface area contributed by atoms with E-state index in [0.29, 0.717) is 11.7 Å². The molecule has 0 radical (unpaired) electrons. The van der Waals surface area contributed by atoms with E-state index in [1.54, 1.807) is 6.26 Å². The first kappa shape index (κ1) is 26.0. The van der Waals surface area contributed by atoms with Crippen LogP contribution in [0, 0.1) is 19.8 Å². The Labute approximate surface area is 240 Å². The fraction of sp³-hybridized carbons (Fsp3) is 0.355. The van der Waals surface area contributed by atoms with Crippen LogP contribution in [0.1, 0.15) is 60.3 Å². The third-order valence-corrected chi connectivity index (χ3v) is 8.87. The molecule has 2 aliphatic heterocycles. The third-order valence-electron chi connectivity index (χ3n) is 8.26. The van der Waals surface area contributed by atoms with Crippen molar-refractivity contribution in [2.45, 2.75) is 52.2 Å². The van der Waals surface area contributed by atoms with Crippen molar-refractivity contribution in [2.75, 3.05) is 22.9 Å². The molecular weight excluding hydrogens is 526 g/mol. The number of hydrogen-bond acceptors (Lipinski definition) is 4. The molecule has 0 amide bonds. The van der Waals surface area contributed by atoms with Gasteiger partial charge in [-0.15, -0.1) is 0 Å². The van der Waals surface area contributed by atoms with Crippen LogP contribution in [0.5, 0.6) is 0 Å². The molecule has 202 valence electrons. The minimum absolute atomic E-state index is 0.0956. The molecule has 5 heterocycles. The van der Waals surface area contributed by atoms with Crippen molar-refractivity contribution in [2.24, 2.45) is 5.92 Å². The van der Waals surface area contributed by atoms with Crippen molar-refractivity contribution in [1.82, 2.24) is 14.9 Å². The van der Waals surface area contributed by atoms with Crippen LogP contribution in [0.2, 0.25) is 5.02 Å². The Morgan fingerprint density at radius 3 is 2.59 bits per heavy atom. The van der Waals surface area contributed by atoms with Gasteiger partial charge in [-0.25, -0.2) is 0 Å². The Morgan fingerprint density at radius 1 is 1.08 bits per heavy atom. The van der Waals surface area contributed by atoms with Gasteiger partial charge in [0.1, 0.15) is 5.76 Å². The molecule has 0 bridgehead atoms. The average molecular weight is 560 g/mol. The smallest absolute Gasteiger partial charge is 0.174 e. The Kier molecular flexibility index (Phi) is 7.12. The molecule has 0 aliphatic carbocycles. The second-order valence-corrected chi connectivity index (χ2v) is 11.6. The van der Waals surface area contributed by atoms with Gasteiger partial charge in [0, 0.05) is 36.4 Å². The van der Waals surface area contributed by atoms with Crippen LogP contribution < -0.4 is 15.1 Å². The molecular formula is C31H34ClN5OS. The topological polar surface area (TPSA) is 49.5 Å². The zero-order valence-electron chi connectivity index (χ0n) is 22.6. The lowest BCUT2D eigenvalue weighted by molar-refractivity contribution is 0.438. The predicted molar refractivity (Wildman–Crippen MR) is 162 cm³/mol. The van der Waals surface area contributed by atoms with Crippen molar-refractivity contribution in [3.63, 3.8) is 0 Å². The van der Waals surface area contributed by atoms with Gasteiger partial charge in [0.05, 0.1) is 41.3 Å². The number of aryl methyl sites for hydroxylation is 1.